The van der Waals surface area contributed by atoms with E-state index in [1.165, 1.54) is 4.90 Å². The van der Waals surface area contributed by atoms with E-state index < -0.39 is 0 Å². The van der Waals surface area contributed by atoms with Crippen molar-refractivity contribution in [3.05, 3.63) is 0 Å². The molecule has 0 bridgehead atoms. The number of hydrogen-bond donors (Lipinski definition) is 2. The second-order valence-electron chi connectivity index (χ2n) is 5.09. The van der Waals surface area contributed by atoms with Gasteiger partial charge < -0.3 is 10.6 Å². The van der Waals surface area contributed by atoms with Gasteiger partial charge in [0.1, 0.15) is 0 Å². The minimum atomic E-state index is -0.0923. The number of rotatable bonds is 5. The maximum atomic E-state index is 11.8. The quantitative estimate of drug-likeness (QED) is 0.562. The van der Waals surface area contributed by atoms with Crippen molar-refractivity contribution >= 4 is 30.1 Å². The van der Waals surface area contributed by atoms with Crippen molar-refractivity contribution in [2.45, 2.75) is 44.6 Å². The average Bonchev–Trinajstić information content (AvgIpc) is 2.75. The summed E-state index contributed by atoms with van der Waals surface area (Å²) in [7, 11) is 0. The van der Waals surface area contributed by atoms with E-state index in [1.54, 1.807) is 0 Å². The molecule has 1 unspecified atom stereocenters. The van der Waals surface area contributed by atoms with Crippen molar-refractivity contribution in [2.24, 2.45) is 0 Å². The molecular formula is C13H22ClN3O3. The highest BCUT2D eigenvalue weighted by molar-refractivity contribution is 6.01. The van der Waals surface area contributed by atoms with Gasteiger partial charge in [-0.1, -0.05) is 6.42 Å². The Hall–Kier alpha value is -1.14. The highest BCUT2D eigenvalue weighted by Crippen LogP contribution is 2.11. The topological polar surface area (TPSA) is 78.5 Å². The maximum Gasteiger partial charge on any atom is 0.237 e. The highest BCUT2D eigenvalue weighted by Gasteiger charge is 2.28. The SMILES string of the molecule is Cl.O=C(NCCCN1C(=O)CCC1=O)C1CCCCN1. The van der Waals surface area contributed by atoms with E-state index in [9.17, 15) is 14.4 Å². The zero-order valence-electron chi connectivity index (χ0n) is 11.5. The number of nitrogens with one attached hydrogen (secondary N) is 2. The number of halogens is 1. The standard InChI is InChI=1S/C13H21N3O3.ClH/c17-11-5-6-12(18)16(11)9-3-8-15-13(19)10-4-1-2-7-14-10;/h10,14H,1-9H2,(H,15,19);1H. The van der Waals surface area contributed by atoms with Crippen LogP contribution in [0.5, 0.6) is 0 Å². The van der Waals surface area contributed by atoms with Crippen molar-refractivity contribution in [1.29, 1.82) is 0 Å². The summed E-state index contributed by atoms with van der Waals surface area (Å²) in [6, 6.07) is -0.0798. The van der Waals surface area contributed by atoms with Crippen molar-refractivity contribution in [2.75, 3.05) is 19.6 Å². The lowest BCUT2D eigenvalue weighted by atomic mass is 10.0. The Labute approximate surface area is 125 Å². The van der Waals surface area contributed by atoms with Crippen molar-refractivity contribution in [3.8, 4) is 0 Å². The van der Waals surface area contributed by atoms with E-state index in [4.69, 9.17) is 0 Å². The Morgan fingerprint density at radius 3 is 2.55 bits per heavy atom. The number of amides is 3. The molecule has 0 aromatic rings. The normalized spacial score (nSPS) is 22.6. The van der Waals surface area contributed by atoms with Gasteiger partial charge in [-0.3, -0.25) is 19.3 Å². The summed E-state index contributed by atoms with van der Waals surface area (Å²) in [5, 5.41) is 6.04. The molecule has 6 nitrogen and oxygen atoms in total. The summed E-state index contributed by atoms with van der Waals surface area (Å²) < 4.78 is 0. The number of nitrogens with zero attached hydrogens (tertiary/aromatic N) is 1. The zero-order valence-corrected chi connectivity index (χ0v) is 12.3. The third-order valence-electron chi connectivity index (χ3n) is 3.64. The van der Waals surface area contributed by atoms with Crippen LogP contribution >= 0.6 is 12.4 Å². The van der Waals surface area contributed by atoms with E-state index in [-0.39, 0.29) is 36.2 Å². The number of carbonyl (C=O) groups excluding carboxylic acids is 3. The highest BCUT2D eigenvalue weighted by atomic mass is 35.5. The van der Waals surface area contributed by atoms with E-state index in [2.05, 4.69) is 10.6 Å². The summed E-state index contributed by atoms with van der Waals surface area (Å²) in [5.41, 5.74) is 0. The summed E-state index contributed by atoms with van der Waals surface area (Å²) >= 11 is 0. The molecule has 2 N–H and O–H groups in total. The van der Waals surface area contributed by atoms with Gasteiger partial charge in [0, 0.05) is 25.9 Å². The molecular weight excluding hydrogens is 282 g/mol. The number of hydrogen-bond acceptors (Lipinski definition) is 4. The van der Waals surface area contributed by atoms with Gasteiger partial charge in [-0.15, -0.1) is 12.4 Å². The fourth-order valence-corrected chi connectivity index (χ4v) is 2.52. The van der Waals surface area contributed by atoms with Crippen LogP contribution in [0.3, 0.4) is 0 Å². The lowest BCUT2D eigenvalue weighted by molar-refractivity contribution is -0.138. The number of carbonyl (C=O) groups is 3. The molecule has 0 saturated carbocycles. The molecule has 0 aromatic carbocycles. The molecule has 0 aromatic heterocycles. The minimum Gasteiger partial charge on any atom is -0.355 e. The van der Waals surface area contributed by atoms with E-state index in [0.717, 1.165) is 25.8 Å². The lowest BCUT2D eigenvalue weighted by Crippen LogP contribution is -2.47. The first-order valence-electron chi connectivity index (χ1n) is 7.03. The molecule has 2 heterocycles. The average molecular weight is 304 g/mol. The zero-order chi connectivity index (χ0) is 13.7. The molecule has 2 aliphatic heterocycles. The number of imide groups is 1. The van der Waals surface area contributed by atoms with Gasteiger partial charge in [-0.05, 0) is 25.8 Å². The largest absolute Gasteiger partial charge is 0.355 e. The first-order valence-corrected chi connectivity index (χ1v) is 7.03. The molecule has 2 fully saturated rings. The molecule has 3 amide bonds. The van der Waals surface area contributed by atoms with Gasteiger partial charge in [-0.25, -0.2) is 0 Å². The molecule has 114 valence electrons. The molecule has 20 heavy (non-hydrogen) atoms. The molecule has 2 aliphatic rings. The smallest absolute Gasteiger partial charge is 0.237 e. The molecule has 2 rings (SSSR count). The molecule has 0 spiro atoms. The van der Waals surface area contributed by atoms with Crippen LogP contribution in [-0.4, -0.2) is 48.3 Å². The predicted octanol–water partition coefficient (Wildman–Crippen LogP) is 0.206. The Bertz CT molecular complexity index is 354. The minimum absolute atomic E-state index is 0. The van der Waals surface area contributed by atoms with Crippen LogP contribution in [0.2, 0.25) is 0 Å². The predicted molar refractivity (Wildman–Crippen MR) is 76.5 cm³/mol. The van der Waals surface area contributed by atoms with Crippen LogP contribution in [-0.2, 0) is 14.4 Å². The van der Waals surface area contributed by atoms with Gasteiger partial charge in [0.25, 0.3) is 0 Å². The van der Waals surface area contributed by atoms with E-state index in [0.29, 0.717) is 32.4 Å². The van der Waals surface area contributed by atoms with Crippen LogP contribution in [0.25, 0.3) is 0 Å². The first-order chi connectivity index (χ1) is 9.18. The van der Waals surface area contributed by atoms with Gasteiger partial charge >= 0.3 is 0 Å². The second-order valence-corrected chi connectivity index (χ2v) is 5.09. The number of piperidine rings is 1. The molecule has 0 radical (unpaired) electrons. The fourth-order valence-electron chi connectivity index (χ4n) is 2.52. The molecule has 0 aliphatic carbocycles. The van der Waals surface area contributed by atoms with Crippen LogP contribution in [0.1, 0.15) is 38.5 Å². The van der Waals surface area contributed by atoms with Crippen molar-refractivity contribution in [3.63, 3.8) is 0 Å². The van der Waals surface area contributed by atoms with Crippen LogP contribution in [0, 0.1) is 0 Å². The van der Waals surface area contributed by atoms with E-state index in [1.807, 2.05) is 0 Å². The third kappa shape index (κ3) is 4.45. The van der Waals surface area contributed by atoms with Crippen LogP contribution in [0.4, 0.5) is 0 Å². The Morgan fingerprint density at radius 1 is 1.25 bits per heavy atom. The summed E-state index contributed by atoms with van der Waals surface area (Å²) in [5.74, 6) is -0.158. The Balaban J connectivity index is 0.00000200. The Kier molecular flexibility index (Phi) is 6.95. The molecule has 1 atom stereocenters. The van der Waals surface area contributed by atoms with Crippen molar-refractivity contribution < 1.29 is 14.4 Å². The van der Waals surface area contributed by atoms with Gasteiger partial charge in [0.15, 0.2) is 0 Å². The summed E-state index contributed by atoms with van der Waals surface area (Å²) in [6.07, 6.45) is 4.38. The second kappa shape index (κ2) is 8.21. The fraction of sp³-hybridized carbons (Fsp3) is 0.769. The number of likely N-dealkylation sites (tertiary alicyclic amines) is 1. The monoisotopic (exact) mass is 303 g/mol. The van der Waals surface area contributed by atoms with Crippen molar-refractivity contribution in [1.82, 2.24) is 15.5 Å². The van der Waals surface area contributed by atoms with Crippen LogP contribution < -0.4 is 10.6 Å². The van der Waals surface area contributed by atoms with Gasteiger partial charge in [0.05, 0.1) is 6.04 Å². The van der Waals surface area contributed by atoms with Gasteiger partial charge in [0.2, 0.25) is 17.7 Å². The molecule has 2 saturated heterocycles. The Morgan fingerprint density at radius 2 is 1.95 bits per heavy atom. The molecule has 7 heteroatoms. The maximum absolute atomic E-state index is 11.8. The third-order valence-corrected chi connectivity index (χ3v) is 3.64. The van der Waals surface area contributed by atoms with E-state index >= 15 is 0 Å². The summed E-state index contributed by atoms with van der Waals surface area (Å²) in [6.45, 7) is 1.82. The van der Waals surface area contributed by atoms with Gasteiger partial charge in [-0.2, -0.15) is 0 Å². The van der Waals surface area contributed by atoms with Crippen LogP contribution in [0.15, 0.2) is 0 Å². The lowest BCUT2D eigenvalue weighted by Gasteiger charge is -2.22. The first kappa shape index (κ1) is 16.9. The summed E-state index contributed by atoms with van der Waals surface area (Å²) in [4.78, 5) is 35.8.